The van der Waals surface area contributed by atoms with Gasteiger partial charge in [-0.3, -0.25) is 0 Å². The van der Waals surface area contributed by atoms with E-state index in [1.165, 1.54) is 6.07 Å². The lowest BCUT2D eigenvalue weighted by Crippen LogP contribution is -2.01. The van der Waals surface area contributed by atoms with Crippen LogP contribution in [0.3, 0.4) is 0 Å². The zero-order chi connectivity index (χ0) is 13.8. The van der Waals surface area contributed by atoms with Gasteiger partial charge in [0.15, 0.2) is 11.6 Å². The molecule has 0 bridgehead atoms. The van der Waals surface area contributed by atoms with E-state index in [1.54, 1.807) is 30.3 Å². The summed E-state index contributed by atoms with van der Waals surface area (Å²) in [6, 6.07) is 9.67. The third-order valence-corrected chi connectivity index (χ3v) is 3.46. The molecule has 0 aliphatic carbocycles. The zero-order valence-corrected chi connectivity index (χ0v) is 12.1. The van der Waals surface area contributed by atoms with Crippen molar-refractivity contribution in [1.29, 1.82) is 0 Å². The number of para-hydroxylation sites is 1. The van der Waals surface area contributed by atoms with E-state index in [4.69, 9.17) is 39.5 Å². The van der Waals surface area contributed by atoms with Crippen molar-refractivity contribution in [2.75, 3.05) is 0 Å². The largest absolute Gasteiger partial charge is 0.485 e. The Balaban J connectivity index is 2.21. The summed E-state index contributed by atoms with van der Waals surface area (Å²) in [6.07, 6.45) is 0. The van der Waals surface area contributed by atoms with Crippen molar-refractivity contribution in [3.63, 3.8) is 0 Å². The monoisotopic (exact) mass is 318 g/mol. The van der Waals surface area contributed by atoms with Crippen molar-refractivity contribution in [2.45, 2.75) is 12.5 Å². The fourth-order valence-electron chi connectivity index (χ4n) is 1.62. The summed E-state index contributed by atoms with van der Waals surface area (Å²) in [5.74, 6) is -0.124. The van der Waals surface area contributed by atoms with Gasteiger partial charge in [-0.1, -0.05) is 35.3 Å². The molecule has 2 aromatic carbocycles. The predicted molar refractivity (Wildman–Crippen MR) is 76.8 cm³/mol. The van der Waals surface area contributed by atoms with Gasteiger partial charge in [0.05, 0.1) is 5.88 Å². The van der Waals surface area contributed by atoms with Crippen LogP contribution in [-0.4, -0.2) is 0 Å². The number of benzene rings is 2. The lowest BCUT2D eigenvalue weighted by atomic mass is 10.2. The molecule has 0 aliphatic heterocycles. The lowest BCUT2D eigenvalue weighted by molar-refractivity contribution is 0.288. The van der Waals surface area contributed by atoms with Gasteiger partial charge in [0.1, 0.15) is 6.61 Å². The number of ether oxygens (including phenoxy) is 1. The summed E-state index contributed by atoms with van der Waals surface area (Å²) in [6.45, 7) is 0.129. The maximum atomic E-state index is 13.7. The summed E-state index contributed by atoms with van der Waals surface area (Å²) >= 11 is 17.6. The normalized spacial score (nSPS) is 10.5. The van der Waals surface area contributed by atoms with Crippen LogP contribution in [0, 0.1) is 5.82 Å². The maximum Gasteiger partial charge on any atom is 0.165 e. The van der Waals surface area contributed by atoms with E-state index in [2.05, 4.69) is 0 Å². The first-order valence-corrected chi connectivity index (χ1v) is 6.81. The van der Waals surface area contributed by atoms with Crippen LogP contribution in [0.2, 0.25) is 10.0 Å². The molecule has 0 saturated heterocycles. The Labute approximate surface area is 125 Å². The molecule has 2 rings (SSSR count). The molecule has 0 N–H and O–H groups in total. The second kappa shape index (κ2) is 6.47. The molecule has 0 heterocycles. The smallest absolute Gasteiger partial charge is 0.165 e. The molecule has 100 valence electrons. The van der Waals surface area contributed by atoms with Crippen LogP contribution in [-0.2, 0) is 12.5 Å². The van der Waals surface area contributed by atoms with Crippen LogP contribution in [0.4, 0.5) is 4.39 Å². The molecule has 0 spiro atoms. The molecule has 0 aliphatic rings. The highest BCUT2D eigenvalue weighted by atomic mass is 35.5. The van der Waals surface area contributed by atoms with Crippen LogP contribution in [0.1, 0.15) is 11.1 Å². The predicted octanol–water partition coefficient (Wildman–Crippen LogP) is 5.45. The van der Waals surface area contributed by atoms with Crippen molar-refractivity contribution in [3.8, 4) is 5.75 Å². The summed E-state index contributed by atoms with van der Waals surface area (Å²) < 4.78 is 19.2. The van der Waals surface area contributed by atoms with Gasteiger partial charge in [-0.25, -0.2) is 4.39 Å². The third-order valence-electron chi connectivity index (χ3n) is 2.57. The quantitative estimate of drug-likeness (QED) is 0.681. The van der Waals surface area contributed by atoms with Crippen molar-refractivity contribution >= 4 is 34.8 Å². The second-order valence-electron chi connectivity index (χ2n) is 3.89. The van der Waals surface area contributed by atoms with Crippen LogP contribution in [0.5, 0.6) is 5.75 Å². The van der Waals surface area contributed by atoms with Gasteiger partial charge in [0.2, 0.25) is 0 Å². The van der Waals surface area contributed by atoms with Crippen LogP contribution in [0.15, 0.2) is 36.4 Å². The van der Waals surface area contributed by atoms with Crippen molar-refractivity contribution in [1.82, 2.24) is 0 Å². The summed E-state index contributed by atoms with van der Waals surface area (Å²) in [5, 5.41) is 1.07. The third kappa shape index (κ3) is 3.53. The molecule has 0 unspecified atom stereocenters. The van der Waals surface area contributed by atoms with E-state index in [1.807, 2.05) is 0 Å². The van der Waals surface area contributed by atoms with Crippen LogP contribution < -0.4 is 4.74 Å². The van der Waals surface area contributed by atoms with E-state index in [0.29, 0.717) is 21.2 Å². The van der Waals surface area contributed by atoms with Gasteiger partial charge >= 0.3 is 0 Å². The minimum atomic E-state index is -0.448. The molecular formula is C14H10Cl3FO. The minimum absolute atomic E-state index is 0.129. The Bertz CT molecular complexity index is 587. The van der Waals surface area contributed by atoms with Crippen molar-refractivity contribution in [2.24, 2.45) is 0 Å². The molecule has 0 saturated carbocycles. The summed E-state index contributed by atoms with van der Waals surface area (Å²) in [4.78, 5) is 0. The lowest BCUT2D eigenvalue weighted by Gasteiger charge is -2.12. The SMILES string of the molecule is Fc1cccc(CCl)c1OCc1cc(Cl)ccc1Cl. The standard InChI is InChI=1S/C14H10Cl3FO/c15-7-9-2-1-3-13(18)14(9)19-8-10-6-11(16)4-5-12(10)17/h1-6H,7-8H2. The molecule has 0 fully saturated rings. The van der Waals surface area contributed by atoms with E-state index >= 15 is 0 Å². The number of halogens is 4. The number of hydrogen-bond donors (Lipinski definition) is 0. The molecule has 0 aromatic heterocycles. The molecule has 1 nitrogen and oxygen atoms in total. The fraction of sp³-hybridized carbons (Fsp3) is 0.143. The van der Waals surface area contributed by atoms with Gasteiger partial charge in [0.25, 0.3) is 0 Å². The molecule has 19 heavy (non-hydrogen) atoms. The van der Waals surface area contributed by atoms with Gasteiger partial charge in [-0.2, -0.15) is 0 Å². The summed E-state index contributed by atoms with van der Waals surface area (Å²) in [5.41, 5.74) is 1.29. The highest BCUT2D eigenvalue weighted by Gasteiger charge is 2.10. The van der Waals surface area contributed by atoms with Gasteiger partial charge in [-0.05, 0) is 24.3 Å². The molecule has 0 atom stereocenters. The molecule has 0 radical (unpaired) electrons. The Morgan fingerprint density at radius 3 is 2.58 bits per heavy atom. The zero-order valence-electron chi connectivity index (χ0n) is 9.80. The molecule has 2 aromatic rings. The Morgan fingerprint density at radius 2 is 1.84 bits per heavy atom. The average Bonchev–Trinajstić information content (AvgIpc) is 2.40. The number of rotatable bonds is 4. The highest BCUT2D eigenvalue weighted by molar-refractivity contribution is 6.33. The van der Waals surface area contributed by atoms with Crippen LogP contribution in [0.25, 0.3) is 0 Å². The first-order chi connectivity index (χ1) is 9.11. The topological polar surface area (TPSA) is 9.23 Å². The van der Waals surface area contributed by atoms with E-state index in [9.17, 15) is 4.39 Å². The summed E-state index contributed by atoms with van der Waals surface area (Å²) in [7, 11) is 0. The first kappa shape index (κ1) is 14.4. The first-order valence-electron chi connectivity index (χ1n) is 5.52. The van der Waals surface area contributed by atoms with Crippen molar-refractivity contribution in [3.05, 3.63) is 63.4 Å². The van der Waals surface area contributed by atoms with E-state index in [-0.39, 0.29) is 18.2 Å². The molecular weight excluding hydrogens is 310 g/mol. The van der Waals surface area contributed by atoms with Gasteiger partial charge in [-0.15, -0.1) is 11.6 Å². The second-order valence-corrected chi connectivity index (χ2v) is 5.00. The average molecular weight is 320 g/mol. The Morgan fingerprint density at radius 1 is 1.05 bits per heavy atom. The molecule has 5 heteroatoms. The van der Waals surface area contributed by atoms with Gasteiger partial charge < -0.3 is 4.74 Å². The van der Waals surface area contributed by atoms with Crippen LogP contribution >= 0.6 is 34.8 Å². The molecule has 0 amide bonds. The van der Waals surface area contributed by atoms with Gasteiger partial charge in [0, 0.05) is 21.2 Å². The Kier molecular flexibility index (Phi) is 4.92. The van der Waals surface area contributed by atoms with E-state index in [0.717, 1.165) is 0 Å². The van der Waals surface area contributed by atoms with E-state index < -0.39 is 5.82 Å². The Hall–Kier alpha value is -0.960. The van der Waals surface area contributed by atoms with Crippen molar-refractivity contribution < 1.29 is 9.13 Å². The maximum absolute atomic E-state index is 13.7. The number of alkyl halides is 1. The highest BCUT2D eigenvalue weighted by Crippen LogP contribution is 2.27. The number of hydrogen-bond acceptors (Lipinski definition) is 1. The minimum Gasteiger partial charge on any atom is -0.485 e. The fourth-order valence-corrected chi connectivity index (χ4v) is 2.20.